The van der Waals surface area contributed by atoms with Gasteiger partial charge in [0.1, 0.15) is 6.17 Å². The summed E-state index contributed by atoms with van der Waals surface area (Å²) in [6.45, 7) is 17.7. The predicted molar refractivity (Wildman–Crippen MR) is 155 cm³/mol. The first kappa shape index (κ1) is 24.3. The Morgan fingerprint density at radius 2 is 1.44 bits per heavy atom. The van der Waals surface area contributed by atoms with Crippen LogP contribution < -0.4 is 9.80 Å². The van der Waals surface area contributed by atoms with Gasteiger partial charge < -0.3 is 9.80 Å². The lowest BCUT2D eigenvalue weighted by atomic mass is 9.82. The van der Waals surface area contributed by atoms with Crippen molar-refractivity contribution in [1.82, 2.24) is 0 Å². The predicted octanol–water partition coefficient (Wildman–Crippen LogP) is 7.37. The first-order valence-corrected chi connectivity index (χ1v) is 13.0. The van der Waals surface area contributed by atoms with E-state index in [1.807, 2.05) is 7.05 Å². The van der Waals surface area contributed by atoms with Crippen molar-refractivity contribution in [3.05, 3.63) is 82.4 Å². The van der Waals surface area contributed by atoms with E-state index in [1.54, 1.807) is 0 Å². The van der Waals surface area contributed by atoms with Crippen LogP contribution in [0.2, 0.25) is 0 Å². The van der Waals surface area contributed by atoms with Crippen molar-refractivity contribution in [2.24, 2.45) is 9.98 Å². The van der Waals surface area contributed by atoms with Crippen LogP contribution in [0.3, 0.4) is 0 Å². The monoisotopic (exact) mass is 478 g/mol. The van der Waals surface area contributed by atoms with Gasteiger partial charge in [0.25, 0.3) is 0 Å². The maximum atomic E-state index is 5.16. The van der Waals surface area contributed by atoms with Gasteiger partial charge >= 0.3 is 0 Å². The Morgan fingerprint density at radius 3 is 2.03 bits per heavy atom. The lowest BCUT2D eigenvalue weighted by Crippen LogP contribution is -2.48. The van der Waals surface area contributed by atoms with Crippen LogP contribution in [0.25, 0.3) is 11.1 Å². The number of amidine groups is 2. The molecule has 1 unspecified atom stereocenters. The molecule has 1 fully saturated rings. The SMILES string of the molecule is CN=C1C(=NC(C)C)N2c3cc(-c4c(C)cccc4C)ccc3C(C)(C)C2N1c1cc(C)cc(C)c1. The summed E-state index contributed by atoms with van der Waals surface area (Å²) in [5, 5.41) is 0. The number of aliphatic imine (C=N–C) groups is 2. The maximum Gasteiger partial charge on any atom is 0.173 e. The van der Waals surface area contributed by atoms with Crippen molar-refractivity contribution in [2.75, 3.05) is 16.8 Å². The molecule has 186 valence electrons. The molecule has 0 spiro atoms. The summed E-state index contributed by atoms with van der Waals surface area (Å²) < 4.78 is 0. The van der Waals surface area contributed by atoms with E-state index >= 15 is 0 Å². The first-order chi connectivity index (χ1) is 17.0. The highest BCUT2D eigenvalue weighted by Gasteiger charge is 2.56. The average Bonchev–Trinajstić information content (AvgIpc) is 3.23. The standard InChI is InChI=1S/C32H38N4/c1-19(2)34-30-29(33-9)35(25-16-20(3)15-21(4)17-25)31-32(7,8)26-14-13-24(18-27(26)36(30)31)28-22(5)11-10-12-23(28)6/h10-19,31H,1-9H3. The molecular formula is C32H38N4. The lowest BCUT2D eigenvalue weighted by molar-refractivity contribution is 0.457. The number of hydrogen-bond acceptors (Lipinski definition) is 2. The van der Waals surface area contributed by atoms with Gasteiger partial charge in [0.15, 0.2) is 11.7 Å². The summed E-state index contributed by atoms with van der Waals surface area (Å²) in [4.78, 5) is 14.9. The normalized spacial score (nSPS) is 20.6. The van der Waals surface area contributed by atoms with Gasteiger partial charge in [-0.25, -0.2) is 0 Å². The molecular weight excluding hydrogens is 440 g/mol. The van der Waals surface area contributed by atoms with Crippen LogP contribution in [-0.4, -0.2) is 30.9 Å². The lowest BCUT2D eigenvalue weighted by Gasteiger charge is -2.35. The molecule has 3 aromatic carbocycles. The van der Waals surface area contributed by atoms with Crippen molar-refractivity contribution in [1.29, 1.82) is 0 Å². The van der Waals surface area contributed by atoms with Gasteiger partial charge in [-0.1, -0.05) is 50.2 Å². The first-order valence-electron chi connectivity index (χ1n) is 13.0. The minimum absolute atomic E-state index is 0.0538. The summed E-state index contributed by atoms with van der Waals surface area (Å²) in [7, 11) is 1.89. The number of benzene rings is 3. The second-order valence-electron chi connectivity index (χ2n) is 11.3. The molecule has 0 radical (unpaired) electrons. The zero-order valence-corrected chi connectivity index (χ0v) is 23.1. The number of hydrogen-bond donors (Lipinski definition) is 0. The summed E-state index contributed by atoms with van der Waals surface area (Å²) in [6.07, 6.45) is 0.0538. The molecule has 2 aliphatic heterocycles. The molecule has 4 heteroatoms. The topological polar surface area (TPSA) is 31.2 Å². The van der Waals surface area contributed by atoms with E-state index in [9.17, 15) is 0 Å². The van der Waals surface area contributed by atoms with Gasteiger partial charge in [0, 0.05) is 29.9 Å². The largest absolute Gasteiger partial charge is 0.301 e. The highest BCUT2D eigenvalue weighted by atomic mass is 15.5. The van der Waals surface area contributed by atoms with Gasteiger partial charge in [-0.3, -0.25) is 9.98 Å². The van der Waals surface area contributed by atoms with Gasteiger partial charge in [0.2, 0.25) is 0 Å². The summed E-state index contributed by atoms with van der Waals surface area (Å²) >= 11 is 0. The number of aryl methyl sites for hydroxylation is 4. The fourth-order valence-electron chi connectivity index (χ4n) is 6.22. The minimum Gasteiger partial charge on any atom is -0.301 e. The molecule has 0 aromatic heterocycles. The van der Waals surface area contributed by atoms with Gasteiger partial charge in [-0.15, -0.1) is 0 Å². The smallest absolute Gasteiger partial charge is 0.173 e. The second kappa shape index (κ2) is 8.62. The van der Waals surface area contributed by atoms with E-state index in [2.05, 4.69) is 120 Å². The fraction of sp³-hybridized carbons (Fsp3) is 0.375. The second-order valence-corrected chi connectivity index (χ2v) is 11.3. The zero-order valence-electron chi connectivity index (χ0n) is 23.1. The van der Waals surface area contributed by atoms with Crippen LogP contribution >= 0.6 is 0 Å². The average molecular weight is 479 g/mol. The molecule has 0 bridgehead atoms. The molecule has 1 saturated heterocycles. The van der Waals surface area contributed by atoms with E-state index in [0.29, 0.717) is 0 Å². The Labute approximate surface area is 216 Å². The number of anilines is 2. The minimum atomic E-state index is -0.142. The summed E-state index contributed by atoms with van der Waals surface area (Å²) in [5.41, 5.74) is 11.3. The summed E-state index contributed by atoms with van der Waals surface area (Å²) in [5.74, 6) is 1.90. The molecule has 4 nitrogen and oxygen atoms in total. The molecule has 3 aromatic rings. The fourth-order valence-corrected chi connectivity index (χ4v) is 6.22. The van der Waals surface area contributed by atoms with Crippen LogP contribution in [0.4, 0.5) is 11.4 Å². The number of nitrogens with zero attached hydrogens (tertiary/aromatic N) is 4. The third kappa shape index (κ3) is 3.66. The van der Waals surface area contributed by atoms with Crippen LogP contribution in [0.1, 0.15) is 55.5 Å². The van der Waals surface area contributed by atoms with Crippen LogP contribution in [0.15, 0.2) is 64.6 Å². The van der Waals surface area contributed by atoms with Gasteiger partial charge in [-0.05, 0) is 98.7 Å². The van der Waals surface area contributed by atoms with Crippen molar-refractivity contribution >= 4 is 23.0 Å². The molecule has 0 amide bonds. The maximum absolute atomic E-state index is 5.16. The molecule has 1 atom stereocenters. The third-order valence-corrected chi connectivity index (χ3v) is 7.59. The van der Waals surface area contributed by atoms with E-state index in [1.165, 1.54) is 50.3 Å². The molecule has 5 rings (SSSR count). The Kier molecular flexibility index (Phi) is 5.82. The Morgan fingerprint density at radius 1 is 0.806 bits per heavy atom. The van der Waals surface area contributed by atoms with Crippen LogP contribution in [-0.2, 0) is 5.41 Å². The Hall–Kier alpha value is -3.40. The number of fused-ring (bicyclic) bond motifs is 3. The summed E-state index contributed by atoms with van der Waals surface area (Å²) in [6, 6.07) is 20.5. The molecule has 2 heterocycles. The molecule has 0 saturated carbocycles. The molecule has 0 N–H and O–H groups in total. The van der Waals surface area contributed by atoms with Crippen LogP contribution in [0.5, 0.6) is 0 Å². The van der Waals surface area contributed by atoms with Crippen molar-refractivity contribution in [2.45, 2.75) is 73.0 Å². The van der Waals surface area contributed by atoms with Crippen molar-refractivity contribution in [3.8, 4) is 11.1 Å². The third-order valence-electron chi connectivity index (χ3n) is 7.59. The van der Waals surface area contributed by atoms with Crippen molar-refractivity contribution < 1.29 is 0 Å². The molecule has 36 heavy (non-hydrogen) atoms. The molecule has 0 aliphatic carbocycles. The molecule has 2 aliphatic rings. The Bertz CT molecular complexity index is 1370. The number of rotatable bonds is 3. The van der Waals surface area contributed by atoms with Gasteiger partial charge in [0.05, 0.1) is 0 Å². The highest BCUT2D eigenvalue weighted by Crippen LogP contribution is 2.52. The van der Waals surface area contributed by atoms with E-state index in [0.717, 1.165) is 11.7 Å². The van der Waals surface area contributed by atoms with E-state index in [-0.39, 0.29) is 17.6 Å². The van der Waals surface area contributed by atoms with Crippen LogP contribution in [0, 0.1) is 27.7 Å². The van der Waals surface area contributed by atoms with Crippen molar-refractivity contribution in [3.63, 3.8) is 0 Å². The van der Waals surface area contributed by atoms with Gasteiger partial charge in [-0.2, -0.15) is 0 Å². The van der Waals surface area contributed by atoms with E-state index < -0.39 is 0 Å². The quantitative estimate of drug-likeness (QED) is 0.394. The van der Waals surface area contributed by atoms with E-state index in [4.69, 9.17) is 9.98 Å². The Balaban J connectivity index is 1.77. The highest BCUT2D eigenvalue weighted by molar-refractivity contribution is 6.53. The zero-order chi connectivity index (χ0) is 25.9.